The number of halogens is 1. The predicted molar refractivity (Wildman–Crippen MR) is 87.9 cm³/mol. The Bertz CT molecular complexity index is 480. The highest BCUT2D eigenvalue weighted by molar-refractivity contribution is 6.31. The van der Waals surface area contributed by atoms with E-state index in [0.29, 0.717) is 12.0 Å². The van der Waals surface area contributed by atoms with E-state index in [0.717, 1.165) is 37.5 Å². The first-order valence-electron chi connectivity index (χ1n) is 8.09. The van der Waals surface area contributed by atoms with Crippen LogP contribution in [0, 0.1) is 5.92 Å². The van der Waals surface area contributed by atoms with E-state index in [2.05, 4.69) is 16.3 Å². The standard InChI is InChI=1S/C17H25ClN2O/c1-12(21)13-7-9-20(10-8-13)17-4-2-3-16(18)15(17)11-19-14-5-6-14/h2-4,12-14,19,21H,5-11H2,1H3. The Kier molecular flexibility index (Phi) is 4.72. The van der Waals surface area contributed by atoms with Crippen molar-refractivity contribution in [2.45, 2.75) is 51.3 Å². The fourth-order valence-corrected chi connectivity index (χ4v) is 3.41. The van der Waals surface area contributed by atoms with Gasteiger partial charge in [0.1, 0.15) is 0 Å². The van der Waals surface area contributed by atoms with Crippen LogP contribution < -0.4 is 10.2 Å². The molecule has 1 aliphatic carbocycles. The van der Waals surface area contributed by atoms with Crippen molar-refractivity contribution in [2.24, 2.45) is 5.92 Å². The molecular weight excluding hydrogens is 284 g/mol. The van der Waals surface area contributed by atoms with Crippen LogP contribution in [-0.4, -0.2) is 30.3 Å². The highest BCUT2D eigenvalue weighted by Crippen LogP contribution is 2.32. The van der Waals surface area contributed by atoms with Gasteiger partial charge in [0.2, 0.25) is 0 Å². The summed E-state index contributed by atoms with van der Waals surface area (Å²) in [6.07, 6.45) is 4.50. The van der Waals surface area contributed by atoms with Gasteiger partial charge in [0.05, 0.1) is 6.10 Å². The summed E-state index contributed by atoms with van der Waals surface area (Å²) >= 11 is 6.42. The van der Waals surface area contributed by atoms with Gasteiger partial charge in [-0.15, -0.1) is 0 Å². The number of hydrogen-bond donors (Lipinski definition) is 2. The topological polar surface area (TPSA) is 35.5 Å². The maximum Gasteiger partial charge on any atom is 0.0541 e. The van der Waals surface area contributed by atoms with Crippen molar-refractivity contribution in [3.8, 4) is 0 Å². The average Bonchev–Trinajstić information content (AvgIpc) is 3.30. The molecule has 1 saturated carbocycles. The van der Waals surface area contributed by atoms with E-state index in [9.17, 15) is 5.11 Å². The van der Waals surface area contributed by atoms with Crippen molar-refractivity contribution >= 4 is 17.3 Å². The number of hydrogen-bond acceptors (Lipinski definition) is 3. The van der Waals surface area contributed by atoms with Crippen molar-refractivity contribution in [1.82, 2.24) is 5.32 Å². The van der Waals surface area contributed by atoms with E-state index in [1.54, 1.807) is 0 Å². The number of aliphatic hydroxyl groups excluding tert-OH is 1. The molecule has 2 aliphatic rings. The molecule has 0 amide bonds. The summed E-state index contributed by atoms with van der Waals surface area (Å²) in [5.41, 5.74) is 2.49. The van der Waals surface area contributed by atoms with Crippen LogP contribution in [0.4, 0.5) is 5.69 Å². The van der Waals surface area contributed by atoms with E-state index in [1.165, 1.54) is 24.1 Å². The zero-order chi connectivity index (χ0) is 14.8. The number of nitrogens with zero attached hydrogens (tertiary/aromatic N) is 1. The predicted octanol–water partition coefficient (Wildman–Crippen LogP) is 3.19. The Morgan fingerprint density at radius 1 is 1.29 bits per heavy atom. The first-order chi connectivity index (χ1) is 10.1. The maximum absolute atomic E-state index is 9.74. The molecule has 116 valence electrons. The third-order valence-corrected chi connectivity index (χ3v) is 5.16. The summed E-state index contributed by atoms with van der Waals surface area (Å²) in [5, 5.41) is 14.2. The molecular formula is C17H25ClN2O. The first kappa shape index (κ1) is 15.1. The molecule has 2 fully saturated rings. The Hall–Kier alpha value is -0.770. The second-order valence-electron chi connectivity index (χ2n) is 6.46. The second kappa shape index (κ2) is 6.55. The summed E-state index contributed by atoms with van der Waals surface area (Å²) in [6, 6.07) is 6.89. The lowest BCUT2D eigenvalue weighted by Crippen LogP contribution is -2.37. The SMILES string of the molecule is CC(O)C1CCN(c2cccc(Cl)c2CNC2CC2)CC1. The molecule has 0 aromatic heterocycles. The number of aliphatic hydroxyl groups is 1. The summed E-state index contributed by atoms with van der Waals surface area (Å²) in [6.45, 7) is 4.78. The van der Waals surface area contributed by atoms with E-state index < -0.39 is 0 Å². The van der Waals surface area contributed by atoms with Gasteiger partial charge >= 0.3 is 0 Å². The van der Waals surface area contributed by atoms with Crippen LogP contribution in [0.3, 0.4) is 0 Å². The Balaban J connectivity index is 1.70. The molecule has 4 heteroatoms. The van der Waals surface area contributed by atoms with Crippen LogP contribution in [0.5, 0.6) is 0 Å². The van der Waals surface area contributed by atoms with Crippen molar-refractivity contribution in [2.75, 3.05) is 18.0 Å². The summed E-state index contributed by atoms with van der Waals surface area (Å²) in [5.74, 6) is 0.438. The van der Waals surface area contributed by atoms with E-state index in [4.69, 9.17) is 11.6 Å². The molecule has 2 N–H and O–H groups in total. The lowest BCUT2D eigenvalue weighted by Gasteiger charge is -2.36. The Morgan fingerprint density at radius 2 is 2.00 bits per heavy atom. The minimum Gasteiger partial charge on any atom is -0.393 e. The van der Waals surface area contributed by atoms with Crippen LogP contribution in [0.15, 0.2) is 18.2 Å². The average molecular weight is 309 g/mol. The quantitative estimate of drug-likeness (QED) is 0.877. The lowest BCUT2D eigenvalue weighted by molar-refractivity contribution is 0.110. The van der Waals surface area contributed by atoms with Gasteiger partial charge in [-0.2, -0.15) is 0 Å². The molecule has 1 heterocycles. The molecule has 1 unspecified atom stereocenters. The van der Waals surface area contributed by atoms with Crippen LogP contribution in [0.2, 0.25) is 5.02 Å². The lowest BCUT2D eigenvalue weighted by atomic mass is 9.91. The van der Waals surface area contributed by atoms with E-state index in [1.807, 2.05) is 19.1 Å². The smallest absolute Gasteiger partial charge is 0.0541 e. The molecule has 1 atom stereocenters. The van der Waals surface area contributed by atoms with Gasteiger partial charge in [-0.1, -0.05) is 17.7 Å². The number of nitrogens with one attached hydrogen (secondary N) is 1. The third-order valence-electron chi connectivity index (χ3n) is 4.80. The molecule has 1 aliphatic heterocycles. The molecule has 0 bridgehead atoms. The van der Waals surface area contributed by atoms with Gasteiger partial charge in [0, 0.05) is 41.9 Å². The highest BCUT2D eigenvalue weighted by Gasteiger charge is 2.25. The van der Waals surface area contributed by atoms with Crippen molar-refractivity contribution in [3.63, 3.8) is 0 Å². The van der Waals surface area contributed by atoms with Gasteiger partial charge < -0.3 is 15.3 Å². The van der Waals surface area contributed by atoms with E-state index in [-0.39, 0.29) is 6.10 Å². The minimum atomic E-state index is -0.192. The summed E-state index contributed by atoms with van der Waals surface area (Å²) in [7, 11) is 0. The van der Waals surface area contributed by atoms with Crippen molar-refractivity contribution in [1.29, 1.82) is 0 Å². The molecule has 1 aromatic rings. The van der Waals surface area contributed by atoms with E-state index >= 15 is 0 Å². The number of anilines is 1. The minimum absolute atomic E-state index is 0.192. The first-order valence-corrected chi connectivity index (χ1v) is 8.46. The van der Waals surface area contributed by atoms with Gasteiger partial charge in [-0.05, 0) is 50.7 Å². The fourth-order valence-electron chi connectivity index (χ4n) is 3.18. The second-order valence-corrected chi connectivity index (χ2v) is 6.86. The molecule has 21 heavy (non-hydrogen) atoms. The summed E-state index contributed by atoms with van der Waals surface area (Å²) < 4.78 is 0. The van der Waals surface area contributed by atoms with Gasteiger partial charge in [0.25, 0.3) is 0 Å². The Morgan fingerprint density at radius 3 is 2.62 bits per heavy atom. The number of piperidine rings is 1. The van der Waals surface area contributed by atoms with Crippen LogP contribution >= 0.6 is 11.6 Å². The highest BCUT2D eigenvalue weighted by atomic mass is 35.5. The molecule has 1 aromatic carbocycles. The molecule has 3 nitrogen and oxygen atoms in total. The zero-order valence-electron chi connectivity index (χ0n) is 12.7. The molecule has 0 spiro atoms. The molecule has 3 rings (SSSR count). The van der Waals surface area contributed by atoms with Crippen molar-refractivity contribution in [3.05, 3.63) is 28.8 Å². The normalized spacial score (nSPS) is 21.6. The molecule has 1 saturated heterocycles. The van der Waals surface area contributed by atoms with Gasteiger partial charge in [-0.3, -0.25) is 0 Å². The van der Waals surface area contributed by atoms with Crippen molar-refractivity contribution < 1.29 is 5.11 Å². The number of rotatable bonds is 5. The Labute approximate surface area is 132 Å². The van der Waals surface area contributed by atoms with Gasteiger partial charge in [-0.25, -0.2) is 0 Å². The largest absolute Gasteiger partial charge is 0.393 e. The van der Waals surface area contributed by atoms with Crippen LogP contribution in [-0.2, 0) is 6.54 Å². The fraction of sp³-hybridized carbons (Fsp3) is 0.647. The van der Waals surface area contributed by atoms with Gasteiger partial charge in [0.15, 0.2) is 0 Å². The van der Waals surface area contributed by atoms with Crippen LogP contribution in [0.1, 0.15) is 38.2 Å². The maximum atomic E-state index is 9.74. The third kappa shape index (κ3) is 3.71. The summed E-state index contributed by atoms with van der Waals surface area (Å²) in [4.78, 5) is 2.43. The zero-order valence-corrected chi connectivity index (χ0v) is 13.4. The van der Waals surface area contributed by atoms with Crippen LogP contribution in [0.25, 0.3) is 0 Å². The number of benzene rings is 1. The monoisotopic (exact) mass is 308 g/mol. The molecule has 0 radical (unpaired) electrons.